The van der Waals surface area contributed by atoms with E-state index >= 15 is 0 Å². The standard InChI is InChI=1S/C40H65N5O9/c1-7-9-10-11-12-13-17-20-29-23-33(48)41-30(21-25(3)4)36(49)43-32(24-46)38(51)45-35(27(6)47)39(52)42-31(22-28-18-15-14-16-19-28)37(50)44-34(26(5)8-2)40(53)54-29/h14-16,18-19,25-27,29-32,34-35,46-47H,7-13,17,20-24H2,1-6H3,(H,41,48)(H,42,52)(H,43,49)(H,44,50)(H,45,51)/t26-,27+,29?,30+,31-,32-,34-,35-/m0/s1. The van der Waals surface area contributed by atoms with Crippen LogP contribution in [0.15, 0.2) is 30.3 Å². The molecular formula is C40H65N5O9. The average molecular weight is 760 g/mol. The van der Waals surface area contributed by atoms with Crippen LogP contribution < -0.4 is 26.6 Å². The number of nitrogens with one attached hydrogen (secondary N) is 5. The minimum Gasteiger partial charge on any atom is -0.460 e. The van der Waals surface area contributed by atoms with Crippen LogP contribution in [0, 0.1) is 11.8 Å². The summed E-state index contributed by atoms with van der Waals surface area (Å²) in [6, 6.07) is 2.27. The van der Waals surface area contributed by atoms with Crippen molar-refractivity contribution >= 4 is 35.5 Å². The molecule has 1 aliphatic heterocycles. The van der Waals surface area contributed by atoms with Gasteiger partial charge in [0.05, 0.1) is 19.1 Å². The summed E-state index contributed by atoms with van der Waals surface area (Å²) in [7, 11) is 0. The zero-order valence-electron chi connectivity index (χ0n) is 33.0. The van der Waals surface area contributed by atoms with Crippen molar-refractivity contribution < 1.29 is 43.7 Å². The molecule has 1 aromatic rings. The molecular weight excluding hydrogens is 694 g/mol. The predicted octanol–water partition coefficient (Wildman–Crippen LogP) is 2.57. The zero-order chi connectivity index (χ0) is 40.2. The first kappa shape index (κ1) is 46.1. The highest BCUT2D eigenvalue weighted by Crippen LogP contribution is 2.18. The van der Waals surface area contributed by atoms with E-state index < -0.39 is 90.4 Å². The van der Waals surface area contributed by atoms with E-state index in [9.17, 15) is 39.0 Å². The van der Waals surface area contributed by atoms with Crippen LogP contribution in [0.25, 0.3) is 0 Å². The van der Waals surface area contributed by atoms with Crippen LogP contribution in [0.5, 0.6) is 0 Å². The van der Waals surface area contributed by atoms with Gasteiger partial charge in [-0.05, 0) is 43.6 Å². The third-order valence-electron chi connectivity index (χ3n) is 9.74. The summed E-state index contributed by atoms with van der Waals surface area (Å²) in [6.07, 6.45) is 5.61. The van der Waals surface area contributed by atoms with Gasteiger partial charge >= 0.3 is 5.97 Å². The summed E-state index contributed by atoms with van der Waals surface area (Å²) >= 11 is 0. The van der Waals surface area contributed by atoms with Crippen molar-refractivity contribution in [3.8, 4) is 0 Å². The van der Waals surface area contributed by atoms with Gasteiger partial charge in [0.25, 0.3) is 0 Å². The van der Waals surface area contributed by atoms with Crippen molar-refractivity contribution in [3.05, 3.63) is 35.9 Å². The molecule has 1 fully saturated rings. The number of carbonyl (C=O) groups is 6. The second-order valence-corrected chi connectivity index (χ2v) is 15.0. The van der Waals surface area contributed by atoms with Gasteiger partial charge in [0, 0.05) is 6.42 Å². The Labute approximate surface area is 320 Å². The van der Waals surface area contributed by atoms with Gasteiger partial charge in [-0.25, -0.2) is 4.79 Å². The maximum absolute atomic E-state index is 14.0. The minimum absolute atomic E-state index is 0.00871. The molecule has 1 aliphatic rings. The monoisotopic (exact) mass is 759 g/mol. The van der Waals surface area contributed by atoms with Gasteiger partial charge in [0.2, 0.25) is 29.5 Å². The van der Waals surface area contributed by atoms with Crippen molar-refractivity contribution in [1.82, 2.24) is 26.6 Å². The number of rotatable bonds is 16. The summed E-state index contributed by atoms with van der Waals surface area (Å²) in [6.45, 7) is 9.94. The lowest BCUT2D eigenvalue weighted by Crippen LogP contribution is -2.62. The molecule has 0 radical (unpaired) electrons. The van der Waals surface area contributed by atoms with Crippen LogP contribution in [-0.4, -0.2) is 94.7 Å². The molecule has 1 heterocycles. The fourth-order valence-corrected chi connectivity index (χ4v) is 6.30. The minimum atomic E-state index is -1.59. The fraction of sp³-hybridized carbons (Fsp3) is 0.700. The Morgan fingerprint density at radius 2 is 1.28 bits per heavy atom. The normalized spacial score (nSPS) is 25.1. The molecule has 5 amide bonds. The number of ether oxygens (including phenoxy) is 1. The maximum Gasteiger partial charge on any atom is 0.329 e. The molecule has 0 aliphatic carbocycles. The Morgan fingerprint density at radius 1 is 0.704 bits per heavy atom. The number of amides is 5. The second-order valence-electron chi connectivity index (χ2n) is 15.0. The average Bonchev–Trinajstić information content (AvgIpc) is 3.12. The lowest BCUT2D eigenvalue weighted by Gasteiger charge is -2.29. The van der Waals surface area contributed by atoms with Gasteiger partial charge < -0.3 is 41.5 Å². The van der Waals surface area contributed by atoms with Crippen LogP contribution in [0.2, 0.25) is 0 Å². The first-order chi connectivity index (χ1) is 25.7. The summed E-state index contributed by atoms with van der Waals surface area (Å²) in [5, 5.41) is 33.7. The quantitative estimate of drug-likeness (QED) is 0.0974. The lowest BCUT2D eigenvalue weighted by molar-refractivity contribution is -0.156. The van der Waals surface area contributed by atoms with E-state index in [0.29, 0.717) is 24.8 Å². The summed E-state index contributed by atoms with van der Waals surface area (Å²) < 4.78 is 6.01. The summed E-state index contributed by atoms with van der Waals surface area (Å²) in [5.41, 5.74) is 0.691. The molecule has 0 spiro atoms. The van der Waals surface area contributed by atoms with Gasteiger partial charge in [0.15, 0.2) is 0 Å². The topological polar surface area (TPSA) is 212 Å². The molecule has 14 heteroatoms. The highest BCUT2D eigenvalue weighted by molar-refractivity contribution is 5.96. The Morgan fingerprint density at radius 3 is 1.87 bits per heavy atom. The molecule has 304 valence electrons. The molecule has 0 aromatic heterocycles. The number of cyclic esters (lactones) is 1. The van der Waals surface area contributed by atoms with Crippen molar-refractivity contribution in [3.63, 3.8) is 0 Å². The smallest absolute Gasteiger partial charge is 0.329 e. The second kappa shape index (κ2) is 24.4. The van der Waals surface area contributed by atoms with E-state index in [2.05, 4.69) is 33.5 Å². The van der Waals surface area contributed by atoms with E-state index in [1.165, 1.54) is 6.92 Å². The van der Waals surface area contributed by atoms with Crippen molar-refractivity contribution in [2.75, 3.05) is 6.61 Å². The van der Waals surface area contributed by atoms with E-state index in [4.69, 9.17) is 4.74 Å². The van der Waals surface area contributed by atoms with Crippen LogP contribution in [0.1, 0.15) is 118 Å². The van der Waals surface area contributed by atoms with Gasteiger partial charge in [-0.3, -0.25) is 24.0 Å². The van der Waals surface area contributed by atoms with Crippen molar-refractivity contribution in [2.24, 2.45) is 11.8 Å². The Balaban J connectivity index is 2.56. The largest absolute Gasteiger partial charge is 0.460 e. The van der Waals surface area contributed by atoms with Crippen molar-refractivity contribution in [1.29, 1.82) is 0 Å². The fourth-order valence-electron chi connectivity index (χ4n) is 6.30. The number of unbranched alkanes of at least 4 members (excludes halogenated alkanes) is 6. The van der Waals surface area contributed by atoms with Gasteiger partial charge in [0.1, 0.15) is 36.3 Å². The molecule has 54 heavy (non-hydrogen) atoms. The Bertz CT molecular complexity index is 1340. The van der Waals surface area contributed by atoms with E-state index in [1.54, 1.807) is 37.3 Å². The third kappa shape index (κ3) is 16.1. The van der Waals surface area contributed by atoms with Crippen LogP contribution in [-0.2, 0) is 39.9 Å². The summed E-state index contributed by atoms with van der Waals surface area (Å²) in [5.74, 6) is -5.02. The zero-order valence-corrected chi connectivity index (χ0v) is 33.0. The van der Waals surface area contributed by atoms with E-state index in [0.717, 1.165) is 38.5 Å². The van der Waals surface area contributed by atoms with Gasteiger partial charge in [-0.1, -0.05) is 110 Å². The number of hydrogen-bond donors (Lipinski definition) is 7. The van der Waals surface area contributed by atoms with E-state index in [-0.39, 0.29) is 25.2 Å². The number of carbonyl (C=O) groups excluding carboxylic acids is 6. The van der Waals surface area contributed by atoms with Gasteiger partial charge in [-0.15, -0.1) is 0 Å². The number of aliphatic hydroxyl groups is 2. The Hall–Kier alpha value is -4.04. The molecule has 14 nitrogen and oxygen atoms in total. The first-order valence-corrected chi connectivity index (χ1v) is 19.7. The van der Waals surface area contributed by atoms with Crippen LogP contribution in [0.3, 0.4) is 0 Å². The first-order valence-electron chi connectivity index (χ1n) is 19.7. The maximum atomic E-state index is 14.0. The number of aliphatic hydroxyl groups excluding tert-OH is 2. The predicted molar refractivity (Wildman–Crippen MR) is 205 cm³/mol. The third-order valence-corrected chi connectivity index (χ3v) is 9.74. The molecule has 7 N–H and O–H groups in total. The van der Waals surface area contributed by atoms with Crippen LogP contribution in [0.4, 0.5) is 0 Å². The molecule has 1 aromatic carbocycles. The van der Waals surface area contributed by atoms with Crippen LogP contribution >= 0.6 is 0 Å². The molecule has 1 saturated heterocycles. The number of benzene rings is 1. The lowest BCUT2D eigenvalue weighted by atomic mass is 9.97. The SMILES string of the molecule is CCCCCCCCCC1CC(=O)N[C@H](CC(C)C)C(=O)N[C@@H](CO)C(=O)N[C@@H]([C@@H](C)O)C(=O)N[C@@H](Cc2ccccc2)C(=O)N[C@@H]([C@@H](C)CC)C(=O)O1. The number of hydrogen-bond acceptors (Lipinski definition) is 9. The van der Waals surface area contributed by atoms with E-state index in [1.807, 2.05) is 20.8 Å². The highest BCUT2D eigenvalue weighted by Gasteiger charge is 2.37. The van der Waals surface area contributed by atoms with Gasteiger partial charge in [-0.2, -0.15) is 0 Å². The molecule has 8 atom stereocenters. The summed E-state index contributed by atoms with van der Waals surface area (Å²) in [4.78, 5) is 82.0. The molecule has 2 rings (SSSR count). The highest BCUT2D eigenvalue weighted by atomic mass is 16.5. The molecule has 0 saturated carbocycles. The Kier molecular flexibility index (Phi) is 20.8. The molecule has 0 bridgehead atoms. The number of esters is 1. The molecule has 1 unspecified atom stereocenters. The van der Waals surface area contributed by atoms with Crippen molar-refractivity contribution in [2.45, 2.75) is 161 Å².